The van der Waals surface area contributed by atoms with Crippen LogP contribution in [0, 0.1) is 0 Å². The van der Waals surface area contributed by atoms with Crippen molar-refractivity contribution in [2.45, 2.75) is 6.92 Å². The highest BCUT2D eigenvalue weighted by Gasteiger charge is 2.13. The number of benzene rings is 3. The maximum absolute atomic E-state index is 12.8. The van der Waals surface area contributed by atoms with Crippen LogP contribution in [0.1, 0.15) is 12.5 Å². The van der Waals surface area contributed by atoms with Crippen molar-refractivity contribution in [1.29, 1.82) is 0 Å². The first kappa shape index (κ1) is 19.9. The minimum absolute atomic E-state index is 0.123. The number of anilines is 1. The van der Waals surface area contributed by atoms with Gasteiger partial charge in [0.05, 0.1) is 14.2 Å². The highest BCUT2D eigenvalue weighted by atomic mass is 16.5. The van der Waals surface area contributed by atoms with E-state index in [4.69, 9.17) is 9.47 Å². The zero-order chi connectivity index (χ0) is 20.8. The highest BCUT2D eigenvalue weighted by molar-refractivity contribution is 6.09. The fourth-order valence-corrected chi connectivity index (χ4v) is 2.92. The van der Waals surface area contributed by atoms with Gasteiger partial charge in [0.25, 0.3) is 5.91 Å². The molecule has 0 fully saturated rings. The van der Waals surface area contributed by atoms with Gasteiger partial charge < -0.3 is 20.1 Å². The van der Waals surface area contributed by atoms with Crippen molar-refractivity contribution in [2.75, 3.05) is 19.5 Å². The Kier molecular flexibility index (Phi) is 6.14. The van der Waals surface area contributed by atoms with Gasteiger partial charge in [-0.1, -0.05) is 36.4 Å². The van der Waals surface area contributed by atoms with E-state index < -0.39 is 5.91 Å². The summed E-state index contributed by atoms with van der Waals surface area (Å²) in [4.78, 5) is 24.4. The molecule has 0 radical (unpaired) electrons. The molecule has 6 heteroatoms. The average molecular weight is 390 g/mol. The van der Waals surface area contributed by atoms with E-state index in [1.54, 1.807) is 31.4 Å². The van der Waals surface area contributed by atoms with Gasteiger partial charge in [-0.3, -0.25) is 9.59 Å². The summed E-state index contributed by atoms with van der Waals surface area (Å²) in [6, 6.07) is 18.7. The quantitative estimate of drug-likeness (QED) is 0.625. The number of rotatable bonds is 6. The number of carbonyl (C=O) groups excluding carboxylic acids is 2. The fourth-order valence-electron chi connectivity index (χ4n) is 2.92. The molecule has 0 saturated heterocycles. The van der Waals surface area contributed by atoms with Crippen LogP contribution >= 0.6 is 0 Å². The third-order valence-corrected chi connectivity index (χ3v) is 4.28. The Bertz CT molecular complexity index is 1090. The van der Waals surface area contributed by atoms with Crippen LogP contribution in [0.2, 0.25) is 0 Å². The molecule has 0 heterocycles. The second kappa shape index (κ2) is 8.93. The van der Waals surface area contributed by atoms with Crippen molar-refractivity contribution in [3.05, 3.63) is 71.9 Å². The van der Waals surface area contributed by atoms with Gasteiger partial charge in [0.1, 0.15) is 5.70 Å². The molecule has 3 aromatic rings. The maximum atomic E-state index is 12.8. The van der Waals surface area contributed by atoms with Crippen LogP contribution in [0.15, 0.2) is 66.4 Å². The Hall–Kier alpha value is -3.80. The monoisotopic (exact) mass is 390 g/mol. The summed E-state index contributed by atoms with van der Waals surface area (Å²) in [5.74, 6) is 0.334. The zero-order valence-electron chi connectivity index (χ0n) is 16.5. The molecular formula is C23H22N2O4. The van der Waals surface area contributed by atoms with Crippen LogP contribution in [-0.4, -0.2) is 26.0 Å². The summed E-state index contributed by atoms with van der Waals surface area (Å²) < 4.78 is 10.5. The topological polar surface area (TPSA) is 76.7 Å². The second-order valence-electron chi connectivity index (χ2n) is 6.37. The first-order valence-electron chi connectivity index (χ1n) is 9.01. The molecule has 2 amide bonds. The smallest absolute Gasteiger partial charge is 0.272 e. The molecule has 0 unspecified atom stereocenters. The van der Waals surface area contributed by atoms with E-state index in [-0.39, 0.29) is 11.6 Å². The molecule has 0 bridgehead atoms. The molecule has 0 aliphatic carbocycles. The van der Waals surface area contributed by atoms with Crippen LogP contribution < -0.4 is 20.1 Å². The Morgan fingerprint density at radius 3 is 2.28 bits per heavy atom. The van der Waals surface area contributed by atoms with E-state index in [1.807, 2.05) is 42.5 Å². The molecule has 3 rings (SSSR count). The van der Waals surface area contributed by atoms with E-state index in [0.29, 0.717) is 22.7 Å². The van der Waals surface area contributed by atoms with Crippen molar-refractivity contribution in [3.63, 3.8) is 0 Å². The van der Waals surface area contributed by atoms with Gasteiger partial charge in [-0.25, -0.2) is 0 Å². The molecule has 2 N–H and O–H groups in total. The molecule has 3 aromatic carbocycles. The number of fused-ring (bicyclic) bond motifs is 1. The summed E-state index contributed by atoms with van der Waals surface area (Å²) in [5.41, 5.74) is 1.44. The van der Waals surface area contributed by atoms with Crippen molar-refractivity contribution in [2.24, 2.45) is 0 Å². The summed E-state index contributed by atoms with van der Waals surface area (Å²) in [6.07, 6.45) is 1.58. The number of hydrogen-bond donors (Lipinski definition) is 2. The summed E-state index contributed by atoms with van der Waals surface area (Å²) in [6.45, 7) is 1.35. The lowest BCUT2D eigenvalue weighted by Gasteiger charge is -2.12. The van der Waals surface area contributed by atoms with E-state index in [2.05, 4.69) is 10.6 Å². The number of hydrogen-bond acceptors (Lipinski definition) is 4. The fraction of sp³-hybridized carbons (Fsp3) is 0.130. The minimum Gasteiger partial charge on any atom is -0.493 e. The number of nitrogens with one attached hydrogen (secondary N) is 2. The zero-order valence-corrected chi connectivity index (χ0v) is 16.5. The van der Waals surface area contributed by atoms with Crippen LogP contribution in [0.5, 0.6) is 11.5 Å². The van der Waals surface area contributed by atoms with Gasteiger partial charge in [0, 0.05) is 12.6 Å². The molecule has 0 saturated carbocycles. The summed E-state index contributed by atoms with van der Waals surface area (Å²) in [7, 11) is 3.08. The normalized spacial score (nSPS) is 11.1. The van der Waals surface area contributed by atoms with Crippen LogP contribution in [0.4, 0.5) is 5.69 Å². The molecule has 6 nitrogen and oxygen atoms in total. The minimum atomic E-state index is -0.426. The first-order chi connectivity index (χ1) is 14.0. The molecule has 148 valence electrons. The molecule has 0 aliphatic heterocycles. The molecule has 0 aromatic heterocycles. The standard InChI is InChI=1S/C23H22N2O4/c1-15(26)24-20(12-16-8-11-21(28-2)22(13-16)29-3)23(27)25-19-10-9-17-6-4-5-7-18(17)14-19/h4-14H,1-3H3,(H,24,26)(H,25,27)/b20-12+. The number of carbonyl (C=O) groups is 2. The van der Waals surface area contributed by atoms with Gasteiger partial charge in [0.15, 0.2) is 11.5 Å². The third-order valence-electron chi connectivity index (χ3n) is 4.28. The number of ether oxygens (including phenoxy) is 2. The maximum Gasteiger partial charge on any atom is 0.272 e. The molecule has 29 heavy (non-hydrogen) atoms. The molecular weight excluding hydrogens is 368 g/mol. The lowest BCUT2D eigenvalue weighted by molar-refractivity contribution is -0.120. The van der Waals surface area contributed by atoms with E-state index >= 15 is 0 Å². The highest BCUT2D eigenvalue weighted by Crippen LogP contribution is 2.28. The number of methoxy groups -OCH3 is 2. The molecule has 0 aliphatic rings. The molecule has 0 atom stereocenters. The predicted octanol–water partition coefficient (Wildman–Crippen LogP) is 3.97. The Labute approximate surface area is 169 Å². The Balaban J connectivity index is 1.89. The van der Waals surface area contributed by atoms with Crippen molar-refractivity contribution in [3.8, 4) is 11.5 Å². The van der Waals surface area contributed by atoms with E-state index in [0.717, 1.165) is 10.8 Å². The molecule has 0 spiro atoms. The predicted molar refractivity (Wildman–Crippen MR) is 114 cm³/mol. The Morgan fingerprint density at radius 2 is 1.59 bits per heavy atom. The SMILES string of the molecule is COc1ccc(/C=C(/NC(C)=O)C(=O)Nc2ccc3ccccc3c2)cc1OC. The average Bonchev–Trinajstić information content (AvgIpc) is 2.72. The van der Waals surface area contributed by atoms with Crippen LogP contribution in [0.25, 0.3) is 16.8 Å². The van der Waals surface area contributed by atoms with Crippen LogP contribution in [-0.2, 0) is 9.59 Å². The van der Waals surface area contributed by atoms with Gasteiger partial charge in [-0.2, -0.15) is 0 Å². The van der Waals surface area contributed by atoms with Gasteiger partial charge in [0.2, 0.25) is 5.91 Å². The van der Waals surface area contributed by atoms with Gasteiger partial charge >= 0.3 is 0 Å². The summed E-state index contributed by atoms with van der Waals surface area (Å²) in [5, 5.41) is 7.51. The number of amides is 2. The van der Waals surface area contributed by atoms with Crippen LogP contribution in [0.3, 0.4) is 0 Å². The van der Waals surface area contributed by atoms with Crippen molar-refractivity contribution >= 4 is 34.4 Å². The van der Waals surface area contributed by atoms with Crippen molar-refractivity contribution in [1.82, 2.24) is 5.32 Å². The lowest BCUT2D eigenvalue weighted by atomic mass is 10.1. The van der Waals surface area contributed by atoms with E-state index in [1.165, 1.54) is 14.0 Å². The lowest BCUT2D eigenvalue weighted by Crippen LogP contribution is -2.28. The second-order valence-corrected chi connectivity index (χ2v) is 6.37. The van der Waals surface area contributed by atoms with E-state index in [9.17, 15) is 9.59 Å². The summed E-state index contributed by atoms with van der Waals surface area (Å²) >= 11 is 0. The van der Waals surface area contributed by atoms with Gasteiger partial charge in [-0.15, -0.1) is 0 Å². The third kappa shape index (κ3) is 4.93. The van der Waals surface area contributed by atoms with Crippen molar-refractivity contribution < 1.29 is 19.1 Å². The first-order valence-corrected chi connectivity index (χ1v) is 9.01. The largest absolute Gasteiger partial charge is 0.493 e. The Morgan fingerprint density at radius 1 is 0.862 bits per heavy atom. The van der Waals surface area contributed by atoms with Gasteiger partial charge in [-0.05, 0) is 46.7 Å².